The Hall–Kier alpha value is -2.19. The summed E-state index contributed by atoms with van der Waals surface area (Å²) in [4.78, 5) is 24.2. The number of nitrogens with one attached hydrogen (secondary N) is 2. The van der Waals surface area contributed by atoms with E-state index in [-0.39, 0.29) is 23.3 Å². The monoisotopic (exact) mass is 394 g/mol. The highest BCUT2D eigenvalue weighted by Gasteiger charge is 2.21. The molecule has 0 aromatic heterocycles. The second-order valence-electron chi connectivity index (χ2n) is 6.89. The number of allylic oxidation sites excluding steroid dienone is 2. The molecular weight excluding hydrogens is 368 g/mol. The van der Waals surface area contributed by atoms with E-state index in [1.807, 2.05) is 12.2 Å². The molecule has 0 radical (unpaired) electrons. The Morgan fingerprint density at radius 2 is 1.85 bits per heavy atom. The SMILES string of the molecule is CC(C)NS(=O)(=O)c1ccc(NC(=O)[C@@H](C)OC(=O)C[C@@H]2C=CCC2)cc1. The van der Waals surface area contributed by atoms with Crippen molar-refractivity contribution in [2.75, 3.05) is 5.32 Å². The average molecular weight is 394 g/mol. The number of ether oxygens (including phenoxy) is 1. The molecule has 0 bridgehead atoms. The van der Waals surface area contributed by atoms with E-state index in [4.69, 9.17) is 4.74 Å². The number of hydrogen-bond donors (Lipinski definition) is 2. The predicted octanol–water partition coefficient (Wildman–Crippen LogP) is 2.60. The van der Waals surface area contributed by atoms with Crippen LogP contribution in [0.15, 0.2) is 41.3 Å². The highest BCUT2D eigenvalue weighted by molar-refractivity contribution is 7.89. The first kappa shape index (κ1) is 21.1. The van der Waals surface area contributed by atoms with E-state index in [2.05, 4.69) is 10.0 Å². The van der Waals surface area contributed by atoms with Crippen molar-refractivity contribution in [1.29, 1.82) is 0 Å². The van der Waals surface area contributed by atoms with Crippen LogP contribution in [0.3, 0.4) is 0 Å². The van der Waals surface area contributed by atoms with E-state index in [1.54, 1.807) is 13.8 Å². The van der Waals surface area contributed by atoms with Crippen LogP contribution in [0.1, 0.15) is 40.0 Å². The van der Waals surface area contributed by atoms with Crippen molar-refractivity contribution in [2.45, 2.75) is 57.1 Å². The predicted molar refractivity (Wildman–Crippen MR) is 103 cm³/mol. The molecule has 1 aromatic carbocycles. The molecule has 2 rings (SSSR count). The third-order valence-electron chi connectivity index (χ3n) is 4.04. The minimum atomic E-state index is -3.59. The molecule has 1 aromatic rings. The zero-order valence-electron chi connectivity index (χ0n) is 15.8. The average Bonchev–Trinajstić information content (AvgIpc) is 3.06. The van der Waals surface area contributed by atoms with Gasteiger partial charge in [0.2, 0.25) is 10.0 Å². The first-order chi connectivity index (χ1) is 12.7. The molecule has 1 amide bonds. The Labute approximate surface area is 160 Å². The number of carbonyl (C=O) groups excluding carboxylic acids is 2. The zero-order valence-corrected chi connectivity index (χ0v) is 16.6. The number of amides is 1. The van der Waals surface area contributed by atoms with Gasteiger partial charge in [-0.15, -0.1) is 0 Å². The molecule has 8 heteroatoms. The Kier molecular flexibility index (Phi) is 7.15. The van der Waals surface area contributed by atoms with Crippen LogP contribution in [-0.2, 0) is 24.3 Å². The van der Waals surface area contributed by atoms with Gasteiger partial charge in [-0.3, -0.25) is 9.59 Å². The van der Waals surface area contributed by atoms with Crippen LogP contribution in [0, 0.1) is 5.92 Å². The molecule has 0 saturated carbocycles. The molecule has 0 heterocycles. The molecule has 1 aliphatic rings. The highest BCUT2D eigenvalue weighted by Crippen LogP contribution is 2.21. The maximum atomic E-state index is 12.2. The summed E-state index contributed by atoms with van der Waals surface area (Å²) in [5, 5.41) is 2.61. The van der Waals surface area contributed by atoms with Crippen molar-refractivity contribution in [1.82, 2.24) is 4.72 Å². The number of rotatable bonds is 8. The summed E-state index contributed by atoms with van der Waals surface area (Å²) in [6.07, 6.45) is 5.26. The zero-order chi connectivity index (χ0) is 20.0. The standard InChI is InChI=1S/C19H26N2O5S/c1-13(2)21-27(24,25)17-10-8-16(9-11-17)20-19(23)14(3)26-18(22)12-15-6-4-5-7-15/h4,6,8-11,13-15,21H,5,7,12H2,1-3H3,(H,20,23)/t14-,15-/m1/s1. The minimum absolute atomic E-state index is 0.110. The number of carbonyl (C=O) groups is 2. The Bertz CT molecular complexity index is 800. The molecular formula is C19H26N2O5S. The van der Waals surface area contributed by atoms with Crippen molar-refractivity contribution >= 4 is 27.6 Å². The molecule has 2 atom stereocenters. The van der Waals surface area contributed by atoms with Crippen molar-refractivity contribution in [3.05, 3.63) is 36.4 Å². The lowest BCUT2D eigenvalue weighted by Gasteiger charge is -2.15. The van der Waals surface area contributed by atoms with Gasteiger partial charge >= 0.3 is 5.97 Å². The molecule has 2 N–H and O–H groups in total. The van der Waals surface area contributed by atoms with Gasteiger partial charge in [-0.05, 0) is 63.8 Å². The lowest BCUT2D eigenvalue weighted by atomic mass is 10.1. The fourth-order valence-corrected chi connectivity index (χ4v) is 3.97. The molecule has 0 unspecified atom stereocenters. The van der Waals surface area contributed by atoms with Crippen LogP contribution in [0.5, 0.6) is 0 Å². The molecule has 0 saturated heterocycles. The van der Waals surface area contributed by atoms with Gasteiger partial charge in [0, 0.05) is 11.7 Å². The summed E-state index contributed by atoms with van der Waals surface area (Å²) < 4.78 is 31.8. The van der Waals surface area contributed by atoms with Crippen molar-refractivity contribution in [2.24, 2.45) is 5.92 Å². The maximum Gasteiger partial charge on any atom is 0.307 e. The lowest BCUT2D eigenvalue weighted by Crippen LogP contribution is -2.31. The summed E-state index contributed by atoms with van der Waals surface area (Å²) in [7, 11) is -3.59. The molecule has 0 spiro atoms. The first-order valence-electron chi connectivity index (χ1n) is 8.97. The Morgan fingerprint density at radius 1 is 1.19 bits per heavy atom. The van der Waals surface area contributed by atoms with Gasteiger partial charge in [-0.1, -0.05) is 12.2 Å². The molecule has 7 nitrogen and oxygen atoms in total. The molecule has 27 heavy (non-hydrogen) atoms. The van der Waals surface area contributed by atoms with E-state index in [1.165, 1.54) is 31.2 Å². The third-order valence-corrected chi connectivity index (χ3v) is 5.72. The maximum absolute atomic E-state index is 12.2. The van der Waals surface area contributed by atoms with Gasteiger partial charge in [0.15, 0.2) is 6.10 Å². The van der Waals surface area contributed by atoms with Gasteiger partial charge < -0.3 is 10.1 Å². The lowest BCUT2D eigenvalue weighted by molar-refractivity contribution is -0.153. The van der Waals surface area contributed by atoms with E-state index in [0.717, 1.165) is 12.8 Å². The topological polar surface area (TPSA) is 102 Å². The fraction of sp³-hybridized carbons (Fsp3) is 0.474. The Morgan fingerprint density at radius 3 is 2.41 bits per heavy atom. The van der Waals surface area contributed by atoms with Gasteiger partial charge in [0.05, 0.1) is 11.3 Å². The fourth-order valence-electron chi connectivity index (χ4n) is 2.72. The normalized spacial score (nSPS) is 17.7. The Balaban J connectivity index is 1.89. The number of esters is 1. The summed E-state index contributed by atoms with van der Waals surface area (Å²) in [6.45, 7) is 4.97. The second-order valence-corrected chi connectivity index (χ2v) is 8.61. The summed E-state index contributed by atoms with van der Waals surface area (Å²) in [6, 6.07) is 5.58. The van der Waals surface area contributed by atoms with Crippen molar-refractivity contribution in [3.8, 4) is 0 Å². The van der Waals surface area contributed by atoms with Crippen LogP contribution in [0.4, 0.5) is 5.69 Å². The van der Waals surface area contributed by atoms with Crippen LogP contribution in [0.2, 0.25) is 0 Å². The van der Waals surface area contributed by atoms with Crippen molar-refractivity contribution in [3.63, 3.8) is 0 Å². The van der Waals surface area contributed by atoms with Crippen molar-refractivity contribution < 1.29 is 22.7 Å². The largest absolute Gasteiger partial charge is 0.453 e. The first-order valence-corrected chi connectivity index (χ1v) is 10.4. The quantitative estimate of drug-likeness (QED) is 0.521. The highest BCUT2D eigenvalue weighted by atomic mass is 32.2. The van der Waals surface area contributed by atoms with Crippen LogP contribution >= 0.6 is 0 Å². The van der Waals surface area contributed by atoms with Gasteiger partial charge in [-0.2, -0.15) is 0 Å². The van der Waals surface area contributed by atoms with Gasteiger partial charge in [0.25, 0.3) is 5.91 Å². The number of sulfonamides is 1. The molecule has 0 fully saturated rings. The third kappa shape index (κ3) is 6.48. The van der Waals surface area contributed by atoms with E-state index < -0.39 is 28.0 Å². The summed E-state index contributed by atoms with van der Waals surface area (Å²) >= 11 is 0. The number of hydrogen-bond acceptors (Lipinski definition) is 5. The van der Waals surface area contributed by atoms with Gasteiger partial charge in [-0.25, -0.2) is 13.1 Å². The van der Waals surface area contributed by atoms with E-state index >= 15 is 0 Å². The van der Waals surface area contributed by atoms with Crippen LogP contribution in [-0.4, -0.2) is 32.4 Å². The van der Waals surface area contributed by atoms with Crippen LogP contribution in [0.25, 0.3) is 0 Å². The summed E-state index contributed by atoms with van der Waals surface area (Å²) in [5.74, 6) is -0.696. The van der Waals surface area contributed by atoms with E-state index in [0.29, 0.717) is 5.69 Å². The molecule has 1 aliphatic carbocycles. The number of anilines is 1. The number of benzene rings is 1. The summed E-state index contributed by atoms with van der Waals surface area (Å²) in [5.41, 5.74) is 0.421. The smallest absolute Gasteiger partial charge is 0.307 e. The molecule has 148 valence electrons. The van der Waals surface area contributed by atoms with Crippen LogP contribution < -0.4 is 10.0 Å². The second kappa shape index (κ2) is 9.14. The van der Waals surface area contributed by atoms with E-state index in [9.17, 15) is 18.0 Å². The minimum Gasteiger partial charge on any atom is -0.453 e. The molecule has 0 aliphatic heterocycles. The van der Waals surface area contributed by atoms with Gasteiger partial charge in [0.1, 0.15) is 0 Å².